The Hall–Kier alpha value is -3.07. The van der Waals surface area contributed by atoms with Gasteiger partial charge in [-0.3, -0.25) is 4.31 Å². The van der Waals surface area contributed by atoms with Gasteiger partial charge in [-0.25, -0.2) is 17.8 Å². The van der Waals surface area contributed by atoms with Crippen LogP contribution in [-0.4, -0.2) is 24.6 Å². The quantitative estimate of drug-likeness (QED) is 0.211. The van der Waals surface area contributed by atoms with Crippen LogP contribution in [0.5, 0.6) is 5.75 Å². The van der Waals surface area contributed by atoms with Crippen LogP contribution in [0.1, 0.15) is 24.9 Å². The highest BCUT2D eigenvalue weighted by molar-refractivity contribution is 7.92. The van der Waals surface area contributed by atoms with Crippen LogP contribution in [0.15, 0.2) is 96.4 Å². The number of aryl methyl sites for hydroxylation is 1. The zero-order valence-corrected chi connectivity index (χ0v) is 21.9. The molecule has 190 valence electrons. The third kappa shape index (κ3) is 6.37. The summed E-state index contributed by atoms with van der Waals surface area (Å²) in [6, 6.07) is 18.0. The van der Waals surface area contributed by atoms with Gasteiger partial charge in [0, 0.05) is 29.5 Å². The molecule has 0 saturated heterocycles. The van der Waals surface area contributed by atoms with Crippen molar-refractivity contribution in [3.63, 3.8) is 0 Å². The standard InChI is InChI=1S/C26H25ClFN3O3S.ClH/c1-20(25-5-2-3-6-26(25)34-18-4-16-30-17-15-29-19-30)31(23-11-9-22(28)10-12-23)35(32,33)24-13-7-21(27)8-14-24;/h2-3,5-15,17,19-20H,4,16,18H2,1H3;1H/t20-;/m1./s1. The number of nitrogens with zero attached hydrogens (tertiary/aromatic N) is 3. The first kappa shape index (κ1) is 27.5. The number of hydrogen-bond donors (Lipinski definition) is 0. The second-order valence-electron chi connectivity index (χ2n) is 7.95. The Balaban J connectivity index is 0.00000361. The number of para-hydroxylation sites is 1. The number of aromatic nitrogens is 2. The first-order valence-corrected chi connectivity index (χ1v) is 12.9. The van der Waals surface area contributed by atoms with E-state index >= 15 is 0 Å². The van der Waals surface area contributed by atoms with Gasteiger partial charge >= 0.3 is 0 Å². The van der Waals surface area contributed by atoms with Gasteiger partial charge in [-0.1, -0.05) is 29.8 Å². The van der Waals surface area contributed by atoms with E-state index in [9.17, 15) is 12.8 Å². The van der Waals surface area contributed by atoms with Gasteiger partial charge < -0.3 is 9.30 Å². The molecule has 1 heterocycles. The number of anilines is 1. The number of halogens is 3. The van der Waals surface area contributed by atoms with Crippen LogP contribution in [0.3, 0.4) is 0 Å². The highest BCUT2D eigenvalue weighted by atomic mass is 35.5. The van der Waals surface area contributed by atoms with Crippen LogP contribution < -0.4 is 9.04 Å². The summed E-state index contributed by atoms with van der Waals surface area (Å²) >= 11 is 5.98. The Morgan fingerprint density at radius 3 is 2.42 bits per heavy atom. The number of benzene rings is 3. The highest BCUT2D eigenvalue weighted by Crippen LogP contribution is 2.37. The molecule has 0 aliphatic carbocycles. The van der Waals surface area contributed by atoms with Crippen LogP contribution >= 0.6 is 24.0 Å². The molecule has 4 aromatic rings. The molecule has 0 saturated carbocycles. The number of ether oxygens (including phenoxy) is 1. The van der Waals surface area contributed by atoms with Gasteiger partial charge in [0.15, 0.2) is 0 Å². The first-order chi connectivity index (χ1) is 16.9. The van der Waals surface area contributed by atoms with E-state index in [4.69, 9.17) is 16.3 Å². The predicted molar refractivity (Wildman–Crippen MR) is 142 cm³/mol. The monoisotopic (exact) mass is 549 g/mol. The molecule has 4 rings (SSSR count). The first-order valence-electron chi connectivity index (χ1n) is 11.1. The maximum Gasteiger partial charge on any atom is 0.264 e. The lowest BCUT2D eigenvalue weighted by atomic mass is 10.1. The molecule has 0 aliphatic rings. The second kappa shape index (κ2) is 12.3. The molecular weight excluding hydrogens is 524 g/mol. The van der Waals surface area contributed by atoms with Gasteiger partial charge in [-0.05, 0) is 67.9 Å². The van der Waals surface area contributed by atoms with Crippen molar-refractivity contribution in [2.45, 2.75) is 30.8 Å². The molecule has 0 radical (unpaired) electrons. The minimum absolute atomic E-state index is 0. The van der Waals surface area contributed by atoms with Crippen molar-refractivity contribution < 1.29 is 17.5 Å². The summed E-state index contributed by atoms with van der Waals surface area (Å²) in [5, 5.41) is 0.430. The Kier molecular flexibility index (Phi) is 9.37. The van der Waals surface area contributed by atoms with E-state index in [2.05, 4.69) is 4.98 Å². The molecule has 0 N–H and O–H groups in total. The summed E-state index contributed by atoms with van der Waals surface area (Å²) in [5.41, 5.74) is 1.03. The summed E-state index contributed by atoms with van der Waals surface area (Å²) in [6.45, 7) is 2.98. The van der Waals surface area contributed by atoms with E-state index in [0.29, 0.717) is 28.6 Å². The van der Waals surface area contributed by atoms with Crippen molar-refractivity contribution in [1.29, 1.82) is 0 Å². The van der Waals surface area contributed by atoms with E-state index in [1.54, 1.807) is 19.4 Å². The smallest absolute Gasteiger partial charge is 0.264 e. The highest BCUT2D eigenvalue weighted by Gasteiger charge is 2.32. The molecule has 1 aromatic heterocycles. The lowest BCUT2D eigenvalue weighted by Crippen LogP contribution is -2.34. The van der Waals surface area contributed by atoms with E-state index in [1.165, 1.54) is 52.8 Å². The lowest BCUT2D eigenvalue weighted by Gasteiger charge is -2.32. The minimum atomic E-state index is -4.02. The summed E-state index contributed by atoms with van der Waals surface area (Å²) in [6.07, 6.45) is 6.11. The average molecular weight is 550 g/mol. The maximum absolute atomic E-state index is 13.8. The van der Waals surface area contributed by atoms with Gasteiger partial charge in [-0.15, -0.1) is 12.4 Å². The third-order valence-electron chi connectivity index (χ3n) is 5.55. The number of imidazole rings is 1. The molecule has 0 fully saturated rings. The Bertz CT molecular complexity index is 1350. The molecule has 0 bridgehead atoms. The maximum atomic E-state index is 13.8. The van der Waals surface area contributed by atoms with Crippen molar-refractivity contribution in [2.75, 3.05) is 10.9 Å². The molecule has 0 spiro atoms. The van der Waals surface area contributed by atoms with Crippen LogP contribution in [0.2, 0.25) is 5.02 Å². The molecular formula is C26H26Cl2FN3O3S. The van der Waals surface area contributed by atoms with Crippen molar-refractivity contribution in [3.8, 4) is 5.75 Å². The lowest BCUT2D eigenvalue weighted by molar-refractivity contribution is 0.297. The summed E-state index contributed by atoms with van der Waals surface area (Å²) in [4.78, 5) is 4.11. The largest absolute Gasteiger partial charge is 0.493 e. The summed E-state index contributed by atoms with van der Waals surface area (Å²) in [5.74, 6) is 0.135. The topological polar surface area (TPSA) is 64.4 Å². The predicted octanol–water partition coefficient (Wildman–Crippen LogP) is 6.52. The fourth-order valence-corrected chi connectivity index (χ4v) is 5.57. The molecule has 1 atom stereocenters. The molecule has 10 heteroatoms. The van der Waals surface area contributed by atoms with Gasteiger partial charge in [-0.2, -0.15) is 0 Å². The zero-order valence-electron chi connectivity index (χ0n) is 19.5. The van der Waals surface area contributed by atoms with Gasteiger partial charge in [0.1, 0.15) is 11.6 Å². The zero-order chi connectivity index (χ0) is 24.8. The number of rotatable bonds is 10. The summed E-state index contributed by atoms with van der Waals surface area (Å²) < 4.78 is 50.6. The van der Waals surface area contributed by atoms with Crippen LogP contribution in [0.4, 0.5) is 10.1 Å². The molecule has 0 aliphatic heterocycles. The average Bonchev–Trinajstić information content (AvgIpc) is 3.37. The third-order valence-corrected chi connectivity index (χ3v) is 7.71. The van der Waals surface area contributed by atoms with E-state index in [0.717, 1.165) is 13.0 Å². The fourth-order valence-electron chi connectivity index (χ4n) is 3.81. The SMILES string of the molecule is C[C@H](c1ccccc1OCCCn1ccnc1)N(c1ccc(F)cc1)S(=O)(=O)c1ccc(Cl)cc1.Cl. The van der Waals surface area contributed by atoms with Crippen molar-refractivity contribution in [1.82, 2.24) is 9.55 Å². The molecule has 0 amide bonds. The Morgan fingerprint density at radius 1 is 1.06 bits per heavy atom. The van der Waals surface area contributed by atoms with Gasteiger partial charge in [0.2, 0.25) is 0 Å². The number of hydrogen-bond acceptors (Lipinski definition) is 4. The van der Waals surface area contributed by atoms with Crippen LogP contribution in [0, 0.1) is 5.82 Å². The van der Waals surface area contributed by atoms with Crippen molar-refractivity contribution in [2.24, 2.45) is 0 Å². The van der Waals surface area contributed by atoms with Crippen LogP contribution in [0.25, 0.3) is 0 Å². The normalized spacial score (nSPS) is 12.0. The van der Waals surface area contributed by atoms with Gasteiger partial charge in [0.05, 0.1) is 29.6 Å². The molecule has 3 aromatic carbocycles. The second-order valence-corrected chi connectivity index (χ2v) is 10.2. The van der Waals surface area contributed by atoms with Gasteiger partial charge in [0.25, 0.3) is 10.0 Å². The minimum Gasteiger partial charge on any atom is -0.493 e. The van der Waals surface area contributed by atoms with E-state index in [-0.39, 0.29) is 17.3 Å². The Morgan fingerprint density at radius 2 is 1.75 bits per heavy atom. The molecule has 36 heavy (non-hydrogen) atoms. The van der Waals surface area contributed by atoms with Crippen molar-refractivity contribution >= 4 is 39.7 Å². The van der Waals surface area contributed by atoms with E-state index < -0.39 is 21.9 Å². The number of sulfonamides is 1. The molecule has 6 nitrogen and oxygen atoms in total. The van der Waals surface area contributed by atoms with E-state index in [1.807, 2.05) is 35.0 Å². The summed E-state index contributed by atoms with van der Waals surface area (Å²) in [7, 11) is -4.02. The molecule has 0 unspecified atom stereocenters. The Labute approximate surface area is 221 Å². The van der Waals surface area contributed by atoms with Crippen LogP contribution in [-0.2, 0) is 16.6 Å². The van der Waals surface area contributed by atoms with Crippen molar-refractivity contribution in [3.05, 3.63) is 108 Å². The fraction of sp³-hybridized carbons (Fsp3) is 0.192.